The van der Waals surface area contributed by atoms with Crippen molar-refractivity contribution in [1.82, 2.24) is 0 Å². The van der Waals surface area contributed by atoms with Crippen molar-refractivity contribution in [2.24, 2.45) is 5.73 Å². The topological polar surface area (TPSA) is 35.2 Å². The molecule has 1 unspecified atom stereocenters. The highest BCUT2D eigenvalue weighted by Crippen LogP contribution is 2.26. The van der Waals surface area contributed by atoms with E-state index in [0.717, 1.165) is 0 Å². The number of rotatable bonds is 1. The Morgan fingerprint density at radius 2 is 2.00 bits per heavy atom. The molecule has 1 aliphatic heterocycles. The van der Waals surface area contributed by atoms with Gasteiger partial charge in [0.1, 0.15) is 6.04 Å². The summed E-state index contributed by atoms with van der Waals surface area (Å²) >= 11 is 0. The van der Waals surface area contributed by atoms with Crippen molar-refractivity contribution in [1.29, 1.82) is 0 Å². The summed E-state index contributed by atoms with van der Waals surface area (Å²) in [4.78, 5) is 0. The average Bonchev–Trinajstić information content (AvgIpc) is 2.34. The third-order valence-corrected chi connectivity index (χ3v) is 1.74. The Labute approximate surface area is 74.7 Å². The Hall–Kier alpha value is -0.0000000000000000555. The van der Waals surface area contributed by atoms with Crippen molar-refractivity contribution in [3.05, 3.63) is 0 Å². The molecule has 0 bridgehead atoms. The third-order valence-electron chi connectivity index (χ3n) is 1.74. The van der Waals surface area contributed by atoms with E-state index < -0.39 is 18.3 Å². The van der Waals surface area contributed by atoms with Crippen LogP contribution in [0.4, 0.5) is 13.2 Å². The van der Waals surface area contributed by atoms with Gasteiger partial charge in [0.15, 0.2) is 0 Å². The molecule has 1 heterocycles. The van der Waals surface area contributed by atoms with Gasteiger partial charge < -0.3 is 10.5 Å². The molecule has 74 valence electrons. The van der Waals surface area contributed by atoms with Gasteiger partial charge in [0.05, 0.1) is 6.10 Å². The maximum Gasteiger partial charge on any atom is 0.406 e. The highest BCUT2D eigenvalue weighted by Gasteiger charge is 2.43. The fourth-order valence-electron chi connectivity index (χ4n) is 1.10. The van der Waals surface area contributed by atoms with Crippen molar-refractivity contribution < 1.29 is 17.9 Å². The average molecular weight is 206 g/mol. The minimum absolute atomic E-state index is 0. The largest absolute Gasteiger partial charge is 0.406 e. The van der Waals surface area contributed by atoms with E-state index in [1.165, 1.54) is 0 Å². The Kier molecular flexibility index (Phi) is 4.30. The zero-order chi connectivity index (χ0) is 8.48. The summed E-state index contributed by atoms with van der Waals surface area (Å²) in [5.41, 5.74) is 4.91. The van der Waals surface area contributed by atoms with Crippen molar-refractivity contribution in [2.45, 2.75) is 31.2 Å². The van der Waals surface area contributed by atoms with Gasteiger partial charge in [-0.25, -0.2) is 0 Å². The molecule has 1 rings (SSSR count). The molecule has 0 aliphatic carbocycles. The maximum absolute atomic E-state index is 11.9. The minimum Gasteiger partial charge on any atom is -0.376 e. The van der Waals surface area contributed by atoms with Crippen LogP contribution in [0.1, 0.15) is 12.8 Å². The second-order valence-corrected chi connectivity index (χ2v) is 2.62. The smallest absolute Gasteiger partial charge is 0.376 e. The van der Waals surface area contributed by atoms with Crippen LogP contribution in [0, 0.1) is 0 Å². The normalized spacial score (nSPS) is 26.5. The maximum atomic E-state index is 11.9. The molecule has 1 fully saturated rings. The summed E-state index contributed by atoms with van der Waals surface area (Å²) < 4.78 is 40.5. The second kappa shape index (κ2) is 4.30. The summed E-state index contributed by atoms with van der Waals surface area (Å²) in [6, 6.07) is -1.81. The molecule has 0 aromatic rings. The van der Waals surface area contributed by atoms with Gasteiger partial charge in [-0.2, -0.15) is 13.2 Å². The predicted molar refractivity (Wildman–Crippen MR) is 40.3 cm³/mol. The molecule has 12 heavy (non-hydrogen) atoms. The Morgan fingerprint density at radius 1 is 1.42 bits per heavy atom. The predicted octanol–water partition coefficient (Wildman–Crippen LogP) is 1.48. The lowest BCUT2D eigenvalue weighted by molar-refractivity contribution is -0.170. The van der Waals surface area contributed by atoms with Gasteiger partial charge in [0.2, 0.25) is 0 Å². The molecule has 2 nitrogen and oxygen atoms in total. The highest BCUT2D eigenvalue weighted by molar-refractivity contribution is 5.85. The molecule has 2 N–H and O–H groups in total. The van der Waals surface area contributed by atoms with E-state index in [1.807, 2.05) is 0 Å². The third kappa shape index (κ3) is 2.80. The number of alkyl halides is 3. The van der Waals surface area contributed by atoms with Gasteiger partial charge in [-0.15, -0.1) is 12.4 Å². The zero-order valence-electron chi connectivity index (χ0n) is 6.30. The van der Waals surface area contributed by atoms with E-state index in [2.05, 4.69) is 0 Å². The van der Waals surface area contributed by atoms with Crippen LogP contribution in [0.25, 0.3) is 0 Å². The van der Waals surface area contributed by atoms with E-state index in [-0.39, 0.29) is 12.4 Å². The highest BCUT2D eigenvalue weighted by atomic mass is 35.5. The summed E-state index contributed by atoms with van der Waals surface area (Å²) in [6.45, 7) is 0.397. The van der Waals surface area contributed by atoms with Crippen LogP contribution in [0.5, 0.6) is 0 Å². The molecule has 2 atom stereocenters. The van der Waals surface area contributed by atoms with Crippen LogP contribution in [-0.4, -0.2) is 24.9 Å². The lowest BCUT2D eigenvalue weighted by Crippen LogP contribution is -2.46. The number of hydrogen-bond donors (Lipinski definition) is 1. The van der Waals surface area contributed by atoms with Gasteiger partial charge >= 0.3 is 6.18 Å². The Balaban J connectivity index is 0.00000121. The van der Waals surface area contributed by atoms with Crippen LogP contribution in [0.3, 0.4) is 0 Å². The van der Waals surface area contributed by atoms with E-state index in [1.54, 1.807) is 0 Å². The monoisotopic (exact) mass is 205 g/mol. The first kappa shape index (κ1) is 12.0. The lowest BCUT2D eigenvalue weighted by Gasteiger charge is -2.20. The van der Waals surface area contributed by atoms with Crippen LogP contribution in [0.2, 0.25) is 0 Å². The first-order valence-electron chi connectivity index (χ1n) is 3.45. The fourth-order valence-corrected chi connectivity index (χ4v) is 1.10. The molecule has 0 saturated carbocycles. The zero-order valence-corrected chi connectivity index (χ0v) is 7.12. The molecular weight excluding hydrogens is 195 g/mol. The molecule has 1 aliphatic rings. The van der Waals surface area contributed by atoms with Crippen molar-refractivity contribution in [2.75, 3.05) is 6.61 Å². The van der Waals surface area contributed by atoms with E-state index in [0.29, 0.717) is 19.4 Å². The molecule has 0 spiro atoms. The number of ether oxygens (including phenoxy) is 1. The SMILES string of the molecule is Cl.N[C@@H](C1CCCO1)C(F)(F)F. The molecule has 6 heteroatoms. The molecule has 0 radical (unpaired) electrons. The summed E-state index contributed by atoms with van der Waals surface area (Å²) in [5.74, 6) is 0. The Bertz CT molecular complexity index is 135. The van der Waals surface area contributed by atoms with E-state index in [4.69, 9.17) is 10.5 Å². The van der Waals surface area contributed by atoms with Gasteiger partial charge in [-0.1, -0.05) is 0 Å². The molecule has 0 aromatic carbocycles. The van der Waals surface area contributed by atoms with Gasteiger partial charge in [0, 0.05) is 6.61 Å². The minimum atomic E-state index is -4.32. The standard InChI is InChI=1S/C6H10F3NO.ClH/c7-6(8,9)5(10)4-2-1-3-11-4;/h4-5H,1-3,10H2;1H/t4?,5-;/m0./s1. The molecule has 0 amide bonds. The number of halogens is 4. The number of nitrogens with two attached hydrogens (primary N) is 1. The van der Waals surface area contributed by atoms with E-state index >= 15 is 0 Å². The van der Waals surface area contributed by atoms with Gasteiger partial charge in [-0.05, 0) is 12.8 Å². The van der Waals surface area contributed by atoms with Gasteiger partial charge in [-0.3, -0.25) is 0 Å². The summed E-state index contributed by atoms with van der Waals surface area (Å²) in [5, 5.41) is 0. The first-order valence-corrected chi connectivity index (χ1v) is 3.45. The fraction of sp³-hybridized carbons (Fsp3) is 1.00. The van der Waals surface area contributed by atoms with Gasteiger partial charge in [0.25, 0.3) is 0 Å². The van der Waals surface area contributed by atoms with Crippen LogP contribution in [0.15, 0.2) is 0 Å². The Morgan fingerprint density at radius 3 is 2.33 bits per heavy atom. The molecule has 1 saturated heterocycles. The summed E-state index contributed by atoms with van der Waals surface area (Å²) in [7, 11) is 0. The van der Waals surface area contributed by atoms with Crippen molar-refractivity contribution in [3.8, 4) is 0 Å². The lowest BCUT2D eigenvalue weighted by atomic mass is 10.1. The van der Waals surface area contributed by atoms with Crippen LogP contribution < -0.4 is 5.73 Å². The summed E-state index contributed by atoms with van der Waals surface area (Å²) in [6.07, 6.45) is -4.06. The number of hydrogen-bond acceptors (Lipinski definition) is 2. The van der Waals surface area contributed by atoms with E-state index in [9.17, 15) is 13.2 Å². The van der Waals surface area contributed by atoms with Crippen molar-refractivity contribution in [3.63, 3.8) is 0 Å². The van der Waals surface area contributed by atoms with Crippen LogP contribution in [-0.2, 0) is 4.74 Å². The van der Waals surface area contributed by atoms with Crippen molar-refractivity contribution >= 4 is 12.4 Å². The quantitative estimate of drug-likeness (QED) is 0.704. The second-order valence-electron chi connectivity index (χ2n) is 2.62. The molecule has 0 aromatic heterocycles. The first-order chi connectivity index (χ1) is 5.02. The van der Waals surface area contributed by atoms with Crippen LogP contribution >= 0.6 is 12.4 Å². The molecular formula is C6H11ClF3NO.